The maximum Gasteiger partial charge on any atom is 0.127 e. The molecule has 0 amide bonds. The van der Waals surface area contributed by atoms with E-state index in [1.807, 2.05) is 6.07 Å². The van der Waals surface area contributed by atoms with Gasteiger partial charge in [-0.2, -0.15) is 0 Å². The van der Waals surface area contributed by atoms with Crippen LogP contribution in [0.1, 0.15) is 102 Å². The summed E-state index contributed by atoms with van der Waals surface area (Å²) in [4.78, 5) is 0. The second-order valence-corrected chi connectivity index (χ2v) is 11.1. The molecule has 2 saturated carbocycles. The van der Waals surface area contributed by atoms with Crippen molar-refractivity contribution in [2.24, 2.45) is 5.92 Å². The molecule has 0 spiro atoms. The smallest absolute Gasteiger partial charge is 0.127 e. The number of ether oxygens (including phenoxy) is 1. The van der Waals surface area contributed by atoms with Gasteiger partial charge in [0.05, 0.1) is 6.10 Å². The zero-order valence-corrected chi connectivity index (χ0v) is 19.6. The highest BCUT2D eigenvalue weighted by atomic mass is 79.9. The highest BCUT2D eigenvalue weighted by Gasteiger charge is 2.48. The van der Waals surface area contributed by atoms with Gasteiger partial charge in [-0.1, -0.05) is 41.6 Å². The summed E-state index contributed by atoms with van der Waals surface area (Å²) in [5, 5.41) is 22.5. The fourth-order valence-electron chi connectivity index (χ4n) is 6.23. The molecular weight excluding hydrogens is 428 g/mol. The summed E-state index contributed by atoms with van der Waals surface area (Å²) in [5.41, 5.74) is 2.18. The third-order valence-corrected chi connectivity index (χ3v) is 8.60. The molecule has 0 radical (unpaired) electrons. The van der Waals surface area contributed by atoms with Crippen LogP contribution in [0.5, 0.6) is 11.5 Å². The van der Waals surface area contributed by atoms with Gasteiger partial charge in [0.15, 0.2) is 0 Å². The summed E-state index contributed by atoms with van der Waals surface area (Å²) >= 11 is 3.53. The van der Waals surface area contributed by atoms with Gasteiger partial charge in [0.2, 0.25) is 0 Å². The van der Waals surface area contributed by atoms with Crippen molar-refractivity contribution in [1.29, 1.82) is 0 Å². The first-order valence-electron chi connectivity index (χ1n) is 11.7. The molecule has 0 saturated heterocycles. The average Bonchev–Trinajstić information content (AvgIpc) is 2.62. The van der Waals surface area contributed by atoms with Crippen molar-refractivity contribution in [3.63, 3.8) is 0 Å². The molecule has 3 atom stereocenters. The van der Waals surface area contributed by atoms with Crippen molar-refractivity contribution < 1.29 is 14.9 Å². The van der Waals surface area contributed by atoms with Crippen molar-refractivity contribution in [3.8, 4) is 11.5 Å². The Labute approximate surface area is 184 Å². The molecule has 4 rings (SSSR count). The molecular formula is C25H37BrO3. The van der Waals surface area contributed by atoms with E-state index in [2.05, 4.69) is 35.8 Å². The third-order valence-electron chi connectivity index (χ3n) is 8.04. The monoisotopic (exact) mass is 464 g/mol. The Bertz CT molecular complexity index is 725. The van der Waals surface area contributed by atoms with Crippen molar-refractivity contribution in [1.82, 2.24) is 0 Å². The molecule has 29 heavy (non-hydrogen) atoms. The molecule has 2 N–H and O–H groups in total. The number of phenolic OH excluding ortho intramolecular Hbond substituents is 1. The Morgan fingerprint density at radius 1 is 1.10 bits per heavy atom. The SMILES string of the molecule is CC1(C)Oc2cc(C3(CCCCCCBr)CCC3)cc(O)c2[C@@H]2C[C@@H](O)CC[C@H]21. The van der Waals surface area contributed by atoms with E-state index < -0.39 is 0 Å². The van der Waals surface area contributed by atoms with Gasteiger partial charge in [0.25, 0.3) is 0 Å². The molecule has 3 nitrogen and oxygen atoms in total. The fourth-order valence-corrected chi connectivity index (χ4v) is 6.63. The number of hydrogen-bond donors (Lipinski definition) is 2. The second kappa shape index (κ2) is 8.42. The van der Waals surface area contributed by atoms with Gasteiger partial charge < -0.3 is 14.9 Å². The quantitative estimate of drug-likeness (QED) is 0.354. The lowest BCUT2D eigenvalue weighted by molar-refractivity contribution is -0.0318. The normalized spacial score (nSPS) is 29.3. The van der Waals surface area contributed by atoms with Crippen LogP contribution in [0.15, 0.2) is 12.1 Å². The highest BCUT2D eigenvalue weighted by Crippen LogP contribution is 2.57. The number of rotatable bonds is 7. The molecule has 0 unspecified atom stereocenters. The van der Waals surface area contributed by atoms with E-state index in [1.54, 1.807) is 0 Å². The van der Waals surface area contributed by atoms with Crippen LogP contribution in [0.2, 0.25) is 0 Å². The molecule has 2 aliphatic carbocycles. The number of aromatic hydroxyl groups is 1. The Morgan fingerprint density at radius 2 is 1.86 bits per heavy atom. The molecule has 162 valence electrons. The molecule has 3 aliphatic rings. The van der Waals surface area contributed by atoms with Gasteiger partial charge in [-0.05, 0) is 81.9 Å². The predicted octanol–water partition coefficient (Wildman–Crippen LogP) is 6.57. The van der Waals surface area contributed by atoms with E-state index in [4.69, 9.17) is 4.74 Å². The minimum Gasteiger partial charge on any atom is -0.508 e. The number of benzene rings is 1. The molecule has 1 heterocycles. The largest absolute Gasteiger partial charge is 0.508 e. The number of halogens is 1. The zero-order chi connectivity index (χ0) is 20.6. The van der Waals surface area contributed by atoms with E-state index in [0.717, 1.165) is 35.9 Å². The predicted molar refractivity (Wildman–Crippen MR) is 121 cm³/mol. The lowest BCUT2D eigenvalue weighted by Gasteiger charge is -2.49. The Morgan fingerprint density at radius 3 is 2.55 bits per heavy atom. The van der Waals surface area contributed by atoms with E-state index in [9.17, 15) is 10.2 Å². The fraction of sp³-hybridized carbons (Fsp3) is 0.760. The van der Waals surface area contributed by atoms with Crippen molar-refractivity contribution >= 4 is 15.9 Å². The van der Waals surface area contributed by atoms with Crippen LogP contribution in [0, 0.1) is 5.92 Å². The van der Waals surface area contributed by atoms with E-state index in [-0.39, 0.29) is 23.0 Å². The lowest BCUT2D eigenvalue weighted by atomic mass is 9.61. The summed E-state index contributed by atoms with van der Waals surface area (Å²) in [6.45, 7) is 4.36. The first-order chi connectivity index (χ1) is 13.9. The number of fused-ring (bicyclic) bond motifs is 3. The van der Waals surface area contributed by atoms with Crippen LogP contribution >= 0.6 is 15.9 Å². The first-order valence-corrected chi connectivity index (χ1v) is 12.8. The molecule has 2 fully saturated rings. The lowest BCUT2D eigenvalue weighted by Crippen LogP contribution is -2.47. The van der Waals surface area contributed by atoms with Crippen LogP contribution in [-0.2, 0) is 5.41 Å². The number of unbranched alkanes of at least 4 members (excludes halogenated alkanes) is 3. The Kier molecular flexibility index (Phi) is 6.24. The van der Waals surface area contributed by atoms with Gasteiger partial charge in [-0.25, -0.2) is 0 Å². The minimum absolute atomic E-state index is 0.188. The van der Waals surface area contributed by atoms with Gasteiger partial charge in [0.1, 0.15) is 17.1 Å². The van der Waals surface area contributed by atoms with E-state index >= 15 is 0 Å². The Hall–Kier alpha value is -0.740. The zero-order valence-electron chi connectivity index (χ0n) is 18.1. The standard InChI is InChI=1S/C25H37BrO3/c1-24(2)20-9-8-18(27)16-19(20)23-21(28)14-17(15-22(23)29-24)25(11-7-12-25)10-5-3-4-6-13-26/h14-15,18-20,27-28H,3-13,16H2,1-2H3/t18-,19+,20+/m0/s1. The van der Waals surface area contributed by atoms with E-state index in [0.29, 0.717) is 11.7 Å². The molecule has 4 heteroatoms. The van der Waals surface area contributed by atoms with Crippen LogP contribution in [-0.4, -0.2) is 27.2 Å². The summed E-state index contributed by atoms with van der Waals surface area (Å²) in [5.74, 6) is 1.80. The van der Waals surface area contributed by atoms with Crippen molar-refractivity contribution in [2.45, 2.75) is 108 Å². The number of phenols is 1. The molecule has 1 aromatic carbocycles. The van der Waals surface area contributed by atoms with Crippen LogP contribution < -0.4 is 4.74 Å². The Balaban J connectivity index is 1.60. The topological polar surface area (TPSA) is 49.7 Å². The summed E-state index contributed by atoms with van der Waals surface area (Å²) in [6.07, 6.45) is 12.3. The van der Waals surface area contributed by atoms with Crippen LogP contribution in [0.3, 0.4) is 0 Å². The molecule has 0 bridgehead atoms. The summed E-state index contributed by atoms with van der Waals surface area (Å²) in [7, 11) is 0. The number of alkyl halides is 1. The van der Waals surface area contributed by atoms with Crippen LogP contribution in [0.4, 0.5) is 0 Å². The first kappa shape index (κ1) is 21.5. The van der Waals surface area contributed by atoms with Gasteiger partial charge in [0, 0.05) is 22.7 Å². The summed E-state index contributed by atoms with van der Waals surface area (Å²) < 4.78 is 6.52. The molecule has 1 aromatic rings. The maximum atomic E-state index is 11.1. The van der Waals surface area contributed by atoms with Crippen LogP contribution in [0.25, 0.3) is 0 Å². The van der Waals surface area contributed by atoms with Crippen molar-refractivity contribution in [3.05, 3.63) is 23.3 Å². The van der Waals surface area contributed by atoms with Crippen molar-refractivity contribution in [2.75, 3.05) is 5.33 Å². The number of hydrogen-bond acceptors (Lipinski definition) is 3. The summed E-state index contributed by atoms with van der Waals surface area (Å²) in [6, 6.07) is 4.28. The van der Waals surface area contributed by atoms with Gasteiger partial charge in [-0.3, -0.25) is 0 Å². The highest BCUT2D eigenvalue weighted by molar-refractivity contribution is 9.09. The molecule has 1 aliphatic heterocycles. The molecule has 0 aromatic heterocycles. The number of aliphatic hydroxyl groups is 1. The average molecular weight is 465 g/mol. The van der Waals surface area contributed by atoms with Gasteiger partial charge in [-0.15, -0.1) is 0 Å². The van der Waals surface area contributed by atoms with E-state index in [1.165, 1.54) is 56.9 Å². The minimum atomic E-state index is -0.269. The maximum absolute atomic E-state index is 11.1. The number of aliphatic hydroxyl groups excluding tert-OH is 1. The second-order valence-electron chi connectivity index (χ2n) is 10.3. The third kappa shape index (κ3) is 4.08. The van der Waals surface area contributed by atoms with Gasteiger partial charge >= 0.3 is 0 Å².